The van der Waals surface area contributed by atoms with Gasteiger partial charge in [0, 0.05) is 18.6 Å². The third-order valence-corrected chi connectivity index (χ3v) is 3.79. The van der Waals surface area contributed by atoms with Gasteiger partial charge in [0.15, 0.2) is 5.65 Å². The molecule has 2 unspecified atom stereocenters. The number of aromatic nitrogens is 4. The van der Waals surface area contributed by atoms with Crippen LogP contribution in [0.15, 0.2) is 6.20 Å². The number of rotatable bonds is 3. The van der Waals surface area contributed by atoms with Crippen molar-refractivity contribution in [2.24, 2.45) is 5.92 Å². The number of fused-ring (bicyclic) bond motifs is 1. The van der Waals surface area contributed by atoms with Gasteiger partial charge in [0.1, 0.15) is 5.82 Å². The summed E-state index contributed by atoms with van der Waals surface area (Å²) in [6.07, 6.45) is 6.12. The largest absolute Gasteiger partial charge is 0.396 e. The Morgan fingerprint density at radius 3 is 3.05 bits per heavy atom. The lowest BCUT2D eigenvalue weighted by molar-refractivity contribution is 0.178. The van der Waals surface area contributed by atoms with Crippen LogP contribution in [0.4, 0.5) is 11.8 Å². The zero-order chi connectivity index (χ0) is 13.2. The van der Waals surface area contributed by atoms with Gasteiger partial charge < -0.3 is 16.2 Å². The number of hydrogen-bond acceptors (Lipinski definition) is 6. The fourth-order valence-electron chi connectivity index (χ4n) is 2.75. The van der Waals surface area contributed by atoms with Crippen LogP contribution in [-0.4, -0.2) is 37.9 Å². The molecule has 0 spiro atoms. The number of anilines is 2. The van der Waals surface area contributed by atoms with Gasteiger partial charge in [-0.05, 0) is 12.8 Å². The van der Waals surface area contributed by atoms with Crippen LogP contribution in [-0.2, 0) is 0 Å². The van der Waals surface area contributed by atoms with Crippen molar-refractivity contribution in [2.75, 3.05) is 17.7 Å². The minimum Gasteiger partial charge on any atom is -0.396 e. The molecule has 3 rings (SSSR count). The number of nitrogen functional groups attached to an aromatic ring is 1. The molecule has 19 heavy (non-hydrogen) atoms. The van der Waals surface area contributed by atoms with Gasteiger partial charge in [-0.15, -0.1) is 0 Å². The highest BCUT2D eigenvalue weighted by Crippen LogP contribution is 2.28. The molecule has 0 aliphatic heterocycles. The van der Waals surface area contributed by atoms with Crippen LogP contribution in [0.2, 0.25) is 0 Å². The van der Waals surface area contributed by atoms with E-state index in [0.29, 0.717) is 11.5 Å². The Hall–Kier alpha value is -1.89. The average molecular weight is 262 g/mol. The van der Waals surface area contributed by atoms with E-state index in [2.05, 4.69) is 25.5 Å². The molecule has 5 N–H and O–H groups in total. The van der Waals surface area contributed by atoms with E-state index >= 15 is 0 Å². The normalized spacial score (nSPS) is 23.6. The Morgan fingerprint density at radius 2 is 2.21 bits per heavy atom. The maximum Gasteiger partial charge on any atom is 0.224 e. The van der Waals surface area contributed by atoms with Crippen LogP contribution in [0.25, 0.3) is 11.0 Å². The second-order valence-electron chi connectivity index (χ2n) is 5.04. The Bertz CT molecular complexity index is 568. The van der Waals surface area contributed by atoms with Crippen molar-refractivity contribution in [3.05, 3.63) is 6.20 Å². The number of aliphatic hydroxyl groups excluding tert-OH is 1. The zero-order valence-electron chi connectivity index (χ0n) is 10.6. The minimum absolute atomic E-state index is 0.201. The maximum absolute atomic E-state index is 9.45. The summed E-state index contributed by atoms with van der Waals surface area (Å²) in [6, 6.07) is 0.228. The number of nitrogens with two attached hydrogens (primary N) is 1. The van der Waals surface area contributed by atoms with Crippen molar-refractivity contribution in [2.45, 2.75) is 31.7 Å². The monoisotopic (exact) mass is 262 g/mol. The summed E-state index contributed by atoms with van der Waals surface area (Å²) in [5.41, 5.74) is 6.33. The third-order valence-electron chi connectivity index (χ3n) is 3.79. The first-order valence-electron chi connectivity index (χ1n) is 6.62. The molecule has 7 nitrogen and oxygen atoms in total. The van der Waals surface area contributed by atoms with Gasteiger partial charge in [-0.3, -0.25) is 5.10 Å². The van der Waals surface area contributed by atoms with Gasteiger partial charge in [0.05, 0.1) is 11.6 Å². The molecular weight excluding hydrogens is 244 g/mol. The number of H-pyrrole nitrogens is 1. The number of hydrogen-bond donors (Lipinski definition) is 4. The van der Waals surface area contributed by atoms with Crippen molar-refractivity contribution < 1.29 is 5.11 Å². The van der Waals surface area contributed by atoms with E-state index in [9.17, 15) is 5.11 Å². The predicted octanol–water partition coefficient (Wildman–Crippen LogP) is 0.898. The van der Waals surface area contributed by atoms with Gasteiger partial charge in [0.25, 0.3) is 0 Å². The molecule has 1 fully saturated rings. The molecule has 0 radical (unpaired) electrons. The Kier molecular flexibility index (Phi) is 3.20. The topological polar surface area (TPSA) is 113 Å². The molecule has 0 bridgehead atoms. The summed E-state index contributed by atoms with van der Waals surface area (Å²) in [7, 11) is 0. The Labute approximate surface area is 110 Å². The molecule has 2 aromatic heterocycles. The van der Waals surface area contributed by atoms with Gasteiger partial charge >= 0.3 is 0 Å². The Morgan fingerprint density at radius 1 is 1.37 bits per heavy atom. The van der Waals surface area contributed by atoms with E-state index in [1.807, 2.05) is 0 Å². The first kappa shape index (κ1) is 12.2. The zero-order valence-corrected chi connectivity index (χ0v) is 10.6. The highest BCUT2D eigenvalue weighted by molar-refractivity contribution is 5.86. The Balaban J connectivity index is 1.89. The van der Waals surface area contributed by atoms with Crippen LogP contribution in [0.5, 0.6) is 0 Å². The van der Waals surface area contributed by atoms with E-state index in [-0.39, 0.29) is 24.5 Å². The van der Waals surface area contributed by atoms with E-state index in [0.717, 1.165) is 18.2 Å². The molecule has 0 aromatic carbocycles. The summed E-state index contributed by atoms with van der Waals surface area (Å²) in [5.74, 6) is 1.18. The highest BCUT2D eigenvalue weighted by Gasteiger charge is 2.25. The van der Waals surface area contributed by atoms with Gasteiger partial charge in [-0.1, -0.05) is 12.8 Å². The van der Waals surface area contributed by atoms with E-state index in [1.54, 1.807) is 6.20 Å². The molecule has 2 heterocycles. The van der Waals surface area contributed by atoms with Crippen molar-refractivity contribution in [3.63, 3.8) is 0 Å². The van der Waals surface area contributed by atoms with E-state index in [1.165, 1.54) is 12.8 Å². The molecule has 2 atom stereocenters. The SMILES string of the molecule is Nc1nc(NC2CCCCC2CO)c2cn[nH]c2n1. The maximum atomic E-state index is 9.45. The van der Waals surface area contributed by atoms with Gasteiger partial charge in [-0.2, -0.15) is 15.1 Å². The average Bonchev–Trinajstić information content (AvgIpc) is 2.87. The molecule has 0 amide bonds. The van der Waals surface area contributed by atoms with Crippen molar-refractivity contribution in [3.8, 4) is 0 Å². The smallest absolute Gasteiger partial charge is 0.224 e. The highest BCUT2D eigenvalue weighted by atomic mass is 16.3. The van der Waals surface area contributed by atoms with Crippen LogP contribution in [0, 0.1) is 5.92 Å². The number of aliphatic hydroxyl groups is 1. The summed E-state index contributed by atoms with van der Waals surface area (Å²) in [6.45, 7) is 0.201. The molecule has 1 aliphatic carbocycles. The predicted molar refractivity (Wildman–Crippen MR) is 72.6 cm³/mol. The molecule has 1 saturated carbocycles. The molecule has 102 valence electrons. The van der Waals surface area contributed by atoms with Crippen LogP contribution in [0.3, 0.4) is 0 Å². The first-order valence-corrected chi connectivity index (χ1v) is 6.62. The lowest BCUT2D eigenvalue weighted by atomic mass is 9.85. The molecule has 1 aliphatic rings. The van der Waals surface area contributed by atoms with Crippen LogP contribution < -0.4 is 11.1 Å². The lowest BCUT2D eigenvalue weighted by Gasteiger charge is -2.31. The fraction of sp³-hybridized carbons (Fsp3) is 0.583. The van der Waals surface area contributed by atoms with Crippen molar-refractivity contribution in [1.29, 1.82) is 0 Å². The number of aromatic amines is 1. The number of nitrogens with one attached hydrogen (secondary N) is 2. The minimum atomic E-state index is 0.201. The van der Waals surface area contributed by atoms with E-state index < -0.39 is 0 Å². The standard InChI is InChI=1S/C12H18N6O/c13-12-16-10(8-5-14-18-11(8)17-12)15-9-4-2-1-3-7(9)6-19/h5,7,9,19H,1-4,6H2,(H4,13,14,15,16,17,18). The van der Waals surface area contributed by atoms with Gasteiger partial charge in [0.2, 0.25) is 5.95 Å². The quantitative estimate of drug-likeness (QED) is 0.653. The van der Waals surface area contributed by atoms with Crippen molar-refractivity contribution in [1.82, 2.24) is 20.2 Å². The first-order chi connectivity index (χ1) is 9.28. The second kappa shape index (κ2) is 5.00. The summed E-state index contributed by atoms with van der Waals surface area (Å²) < 4.78 is 0. The molecule has 2 aromatic rings. The second-order valence-corrected chi connectivity index (χ2v) is 5.04. The van der Waals surface area contributed by atoms with Crippen molar-refractivity contribution >= 4 is 22.8 Å². The van der Waals surface area contributed by atoms with Crippen LogP contribution >= 0.6 is 0 Å². The summed E-state index contributed by atoms with van der Waals surface area (Å²) >= 11 is 0. The molecular formula is C12H18N6O. The fourth-order valence-corrected chi connectivity index (χ4v) is 2.75. The van der Waals surface area contributed by atoms with Gasteiger partial charge in [-0.25, -0.2) is 0 Å². The lowest BCUT2D eigenvalue weighted by Crippen LogP contribution is -2.34. The summed E-state index contributed by atoms with van der Waals surface area (Å²) in [4.78, 5) is 8.34. The molecule has 7 heteroatoms. The third kappa shape index (κ3) is 2.33. The number of nitrogens with zero attached hydrogens (tertiary/aromatic N) is 3. The van der Waals surface area contributed by atoms with Crippen LogP contribution in [0.1, 0.15) is 25.7 Å². The van der Waals surface area contributed by atoms with E-state index in [4.69, 9.17) is 5.73 Å². The summed E-state index contributed by atoms with van der Waals surface area (Å²) in [5, 5.41) is 20.4. The molecule has 0 saturated heterocycles.